The van der Waals surface area contributed by atoms with Crippen LogP contribution in [-0.4, -0.2) is 61.8 Å². The maximum atomic E-state index is 5.75. The van der Waals surface area contributed by atoms with E-state index >= 15 is 0 Å². The highest BCUT2D eigenvalue weighted by Crippen LogP contribution is 2.51. The van der Waals surface area contributed by atoms with E-state index in [9.17, 15) is 0 Å². The Kier molecular flexibility index (Phi) is 6.77. The van der Waals surface area contributed by atoms with E-state index in [1.54, 1.807) is 0 Å². The predicted molar refractivity (Wildman–Crippen MR) is 106 cm³/mol. The first-order chi connectivity index (χ1) is 11.7. The van der Waals surface area contributed by atoms with E-state index in [1.807, 2.05) is 7.11 Å². The molecule has 2 rings (SSSR count). The lowest BCUT2D eigenvalue weighted by Gasteiger charge is -2.59. The smallest absolute Gasteiger partial charge is 0.191 e. The average Bonchev–Trinajstić information content (AvgIpc) is 2.55. The second-order valence-corrected chi connectivity index (χ2v) is 8.99. The van der Waals surface area contributed by atoms with Gasteiger partial charge in [-0.1, -0.05) is 27.7 Å². The second-order valence-electron chi connectivity index (χ2n) is 8.99. The second kappa shape index (κ2) is 8.26. The molecule has 146 valence electrons. The number of methoxy groups -OCH3 is 1. The van der Waals surface area contributed by atoms with Crippen molar-refractivity contribution < 1.29 is 4.74 Å². The van der Waals surface area contributed by atoms with E-state index in [0.29, 0.717) is 12.1 Å². The first-order valence-corrected chi connectivity index (χ1v) is 10.1. The predicted octanol–water partition coefficient (Wildman–Crippen LogP) is 2.87. The summed E-state index contributed by atoms with van der Waals surface area (Å²) in [5, 5.41) is 7.35. The molecule has 2 unspecified atom stereocenters. The minimum absolute atomic E-state index is 0.0514. The first kappa shape index (κ1) is 20.5. The maximum Gasteiger partial charge on any atom is 0.191 e. The zero-order chi connectivity index (χ0) is 18.7. The summed E-state index contributed by atoms with van der Waals surface area (Å²) in [6.45, 7) is 17.9. The third kappa shape index (κ3) is 4.68. The van der Waals surface area contributed by atoms with Gasteiger partial charge < -0.3 is 20.3 Å². The minimum atomic E-state index is -0.0514. The standard InChI is InChI=1S/C20H40N4O/c1-8-21-18(23-17-13-20(6,25-7)19(17,4)5)22-16-9-11-24(12-10-16)14-15(2)3/h15-17H,8-14H2,1-7H3,(H2,21,22,23). The van der Waals surface area contributed by atoms with Crippen LogP contribution >= 0.6 is 0 Å². The zero-order valence-corrected chi connectivity index (χ0v) is 17.5. The molecule has 1 aliphatic carbocycles. The summed E-state index contributed by atoms with van der Waals surface area (Å²) >= 11 is 0. The molecule has 0 aromatic heterocycles. The van der Waals surface area contributed by atoms with Gasteiger partial charge in [0.1, 0.15) is 0 Å². The zero-order valence-electron chi connectivity index (χ0n) is 17.5. The van der Waals surface area contributed by atoms with Crippen LogP contribution in [0.3, 0.4) is 0 Å². The fourth-order valence-corrected chi connectivity index (χ4v) is 4.15. The summed E-state index contributed by atoms with van der Waals surface area (Å²) in [7, 11) is 1.82. The van der Waals surface area contributed by atoms with Gasteiger partial charge in [0, 0.05) is 50.8 Å². The van der Waals surface area contributed by atoms with Crippen LogP contribution in [0, 0.1) is 11.3 Å². The van der Waals surface area contributed by atoms with Gasteiger partial charge in [-0.2, -0.15) is 0 Å². The molecular weight excluding hydrogens is 312 g/mol. The fraction of sp³-hybridized carbons (Fsp3) is 0.950. The third-order valence-corrected chi connectivity index (χ3v) is 6.46. The lowest BCUT2D eigenvalue weighted by molar-refractivity contribution is -0.176. The van der Waals surface area contributed by atoms with Crippen molar-refractivity contribution in [3.8, 4) is 0 Å². The van der Waals surface area contributed by atoms with Crippen molar-refractivity contribution in [1.29, 1.82) is 0 Å². The van der Waals surface area contributed by atoms with Crippen molar-refractivity contribution >= 4 is 5.96 Å². The summed E-state index contributed by atoms with van der Waals surface area (Å²) in [6.07, 6.45) is 3.41. The van der Waals surface area contributed by atoms with Gasteiger partial charge in [-0.25, -0.2) is 0 Å². The average molecular weight is 353 g/mol. The lowest BCUT2D eigenvalue weighted by Crippen LogP contribution is -2.70. The van der Waals surface area contributed by atoms with Gasteiger partial charge in [0.25, 0.3) is 0 Å². The monoisotopic (exact) mass is 352 g/mol. The summed E-state index contributed by atoms with van der Waals surface area (Å²) in [5.41, 5.74) is 0.0444. The quantitative estimate of drug-likeness (QED) is 0.570. The normalized spacial score (nSPS) is 31.0. The number of hydrogen-bond donors (Lipinski definition) is 2. The molecule has 25 heavy (non-hydrogen) atoms. The Morgan fingerprint density at radius 2 is 1.84 bits per heavy atom. The van der Waals surface area contributed by atoms with E-state index in [0.717, 1.165) is 24.8 Å². The van der Waals surface area contributed by atoms with E-state index in [-0.39, 0.29) is 11.0 Å². The number of guanidine groups is 1. The van der Waals surface area contributed by atoms with Gasteiger partial charge in [0.15, 0.2) is 5.96 Å². The summed E-state index contributed by atoms with van der Waals surface area (Å²) in [6, 6.07) is 0.925. The van der Waals surface area contributed by atoms with Crippen molar-refractivity contribution in [2.24, 2.45) is 16.3 Å². The Hall–Kier alpha value is -0.810. The van der Waals surface area contributed by atoms with Crippen molar-refractivity contribution in [3.05, 3.63) is 0 Å². The number of nitrogens with one attached hydrogen (secondary N) is 2. The molecular formula is C20H40N4O. The highest BCUT2D eigenvalue weighted by Gasteiger charge is 2.58. The number of aliphatic imine (C=N–C) groups is 1. The number of hydrogen-bond acceptors (Lipinski definition) is 3. The molecule has 0 aromatic rings. The molecule has 2 aliphatic rings. The molecule has 2 atom stereocenters. The van der Waals surface area contributed by atoms with E-state index in [1.165, 1.54) is 32.5 Å². The Morgan fingerprint density at radius 3 is 2.32 bits per heavy atom. The van der Waals surface area contributed by atoms with Crippen molar-refractivity contribution in [2.75, 3.05) is 33.3 Å². The highest BCUT2D eigenvalue weighted by molar-refractivity contribution is 5.80. The molecule has 1 saturated heterocycles. The van der Waals surface area contributed by atoms with Gasteiger partial charge in [-0.3, -0.25) is 4.99 Å². The van der Waals surface area contributed by atoms with Gasteiger partial charge >= 0.3 is 0 Å². The van der Waals surface area contributed by atoms with E-state index < -0.39 is 0 Å². The molecule has 5 heteroatoms. The Labute approximate surface area is 155 Å². The Balaban J connectivity index is 1.86. The van der Waals surface area contributed by atoms with Gasteiger partial charge in [0.2, 0.25) is 0 Å². The summed E-state index contributed by atoms with van der Waals surface area (Å²) in [5.74, 6) is 1.72. The van der Waals surface area contributed by atoms with Crippen molar-refractivity contribution in [3.63, 3.8) is 0 Å². The van der Waals surface area contributed by atoms with E-state index in [2.05, 4.69) is 62.1 Å². The highest BCUT2D eigenvalue weighted by atomic mass is 16.5. The number of nitrogens with zero attached hydrogens (tertiary/aromatic N) is 2. The number of likely N-dealkylation sites (tertiary alicyclic amines) is 1. The molecule has 5 nitrogen and oxygen atoms in total. The molecule has 0 spiro atoms. The molecule has 1 saturated carbocycles. The summed E-state index contributed by atoms with van der Waals surface area (Å²) < 4.78 is 5.75. The van der Waals surface area contributed by atoms with Crippen LogP contribution in [0.1, 0.15) is 60.8 Å². The van der Waals surface area contributed by atoms with Crippen molar-refractivity contribution in [2.45, 2.75) is 78.5 Å². The largest absolute Gasteiger partial charge is 0.378 e. The van der Waals surface area contributed by atoms with Gasteiger partial charge in [-0.15, -0.1) is 0 Å². The number of piperidine rings is 1. The summed E-state index contributed by atoms with van der Waals surface area (Å²) in [4.78, 5) is 7.28. The van der Waals surface area contributed by atoms with Crippen LogP contribution in [0.2, 0.25) is 0 Å². The van der Waals surface area contributed by atoms with Crippen LogP contribution < -0.4 is 10.6 Å². The first-order valence-electron chi connectivity index (χ1n) is 10.1. The molecule has 0 aromatic carbocycles. The molecule has 0 radical (unpaired) electrons. The van der Waals surface area contributed by atoms with Crippen LogP contribution in [0.5, 0.6) is 0 Å². The Morgan fingerprint density at radius 1 is 1.20 bits per heavy atom. The maximum absolute atomic E-state index is 5.75. The third-order valence-electron chi connectivity index (χ3n) is 6.46. The van der Waals surface area contributed by atoms with Crippen LogP contribution in [0.15, 0.2) is 4.99 Å². The number of ether oxygens (including phenoxy) is 1. The van der Waals surface area contributed by atoms with Crippen LogP contribution in [0.25, 0.3) is 0 Å². The fourth-order valence-electron chi connectivity index (χ4n) is 4.15. The molecule has 2 fully saturated rings. The molecule has 0 bridgehead atoms. The number of rotatable bonds is 6. The van der Waals surface area contributed by atoms with Crippen LogP contribution in [0.4, 0.5) is 0 Å². The van der Waals surface area contributed by atoms with Crippen molar-refractivity contribution in [1.82, 2.24) is 15.5 Å². The molecule has 0 amide bonds. The van der Waals surface area contributed by atoms with Gasteiger partial charge in [0.05, 0.1) is 5.60 Å². The molecule has 2 N–H and O–H groups in total. The van der Waals surface area contributed by atoms with Gasteiger partial charge in [-0.05, 0) is 39.0 Å². The topological polar surface area (TPSA) is 48.9 Å². The van der Waals surface area contributed by atoms with E-state index in [4.69, 9.17) is 4.74 Å². The molecule has 1 heterocycles. The lowest BCUT2D eigenvalue weighted by atomic mass is 9.56. The molecule has 1 aliphatic heterocycles. The Bertz CT molecular complexity index is 455. The SMILES string of the molecule is CCN=C(NC1CCN(CC(C)C)CC1)NC1CC(C)(OC)C1(C)C. The minimum Gasteiger partial charge on any atom is -0.378 e. The van der Waals surface area contributed by atoms with Crippen LogP contribution in [-0.2, 0) is 4.74 Å².